The molecule has 0 saturated heterocycles. The summed E-state index contributed by atoms with van der Waals surface area (Å²) in [6.07, 6.45) is 0. The van der Waals surface area contributed by atoms with Gasteiger partial charge in [-0.2, -0.15) is 0 Å². The van der Waals surface area contributed by atoms with Crippen LogP contribution in [0.15, 0.2) is 77.7 Å². The van der Waals surface area contributed by atoms with Crippen molar-refractivity contribution in [3.05, 3.63) is 83.4 Å². The van der Waals surface area contributed by atoms with E-state index in [9.17, 15) is 18.0 Å². The molecule has 3 aromatic carbocycles. The van der Waals surface area contributed by atoms with Gasteiger partial charge >= 0.3 is 0 Å². The maximum atomic E-state index is 14.0. The van der Waals surface area contributed by atoms with Crippen LogP contribution in [0.3, 0.4) is 0 Å². The fraction of sp³-hybridized carbons (Fsp3) is 0.310. The number of rotatable bonds is 12. The van der Waals surface area contributed by atoms with Crippen LogP contribution in [-0.2, 0) is 26.2 Å². The topological polar surface area (TPSA) is 105 Å². The smallest absolute Gasteiger partial charge is 0.264 e. The highest BCUT2D eigenvalue weighted by Gasteiger charge is 2.34. The Labute approximate surface area is 240 Å². The van der Waals surface area contributed by atoms with Crippen LogP contribution in [-0.4, -0.2) is 58.0 Å². The van der Waals surface area contributed by atoms with Crippen LogP contribution < -0.4 is 19.1 Å². The molecular formula is C29H34ClN3O6S. The van der Waals surface area contributed by atoms with Crippen molar-refractivity contribution in [3.63, 3.8) is 0 Å². The summed E-state index contributed by atoms with van der Waals surface area (Å²) in [5.74, 6) is -0.360. The predicted molar refractivity (Wildman–Crippen MR) is 155 cm³/mol. The first-order valence-electron chi connectivity index (χ1n) is 12.6. The molecule has 0 aliphatic heterocycles. The molecule has 0 spiro atoms. The number of halogens is 1. The summed E-state index contributed by atoms with van der Waals surface area (Å²) in [5, 5.41) is 3.35. The normalized spacial score (nSPS) is 12.0. The van der Waals surface area contributed by atoms with Gasteiger partial charge < -0.3 is 19.7 Å². The molecule has 0 unspecified atom stereocenters. The standard InChI is InChI=1S/C29H34ClN3O6S/c1-20(2)31-29(35)21(3)32(18-22-11-13-23(30)14-12-22)28(34)19-33(40(36,37)25-9-7-6-8-10-25)26-17-24(38-4)15-16-27(26)39-5/h6-17,20-21H,18-19H2,1-5H3,(H,31,35)/t21-/m0/s1. The lowest BCUT2D eigenvalue weighted by Gasteiger charge is -2.32. The van der Waals surface area contributed by atoms with Crippen LogP contribution >= 0.6 is 11.6 Å². The van der Waals surface area contributed by atoms with E-state index in [0.29, 0.717) is 10.8 Å². The van der Waals surface area contributed by atoms with E-state index in [2.05, 4.69) is 5.32 Å². The summed E-state index contributed by atoms with van der Waals surface area (Å²) in [6.45, 7) is 4.69. The number of sulfonamides is 1. The molecule has 3 aromatic rings. The Morgan fingerprint density at radius 3 is 2.15 bits per heavy atom. The molecule has 0 bridgehead atoms. The Morgan fingerprint density at radius 2 is 1.57 bits per heavy atom. The van der Waals surface area contributed by atoms with Crippen molar-refractivity contribution in [2.75, 3.05) is 25.1 Å². The molecular weight excluding hydrogens is 554 g/mol. The summed E-state index contributed by atoms with van der Waals surface area (Å²) in [6, 6.07) is 18.3. The quantitative estimate of drug-likeness (QED) is 0.335. The third kappa shape index (κ3) is 7.45. The number of amides is 2. The van der Waals surface area contributed by atoms with Crippen LogP contribution in [0.4, 0.5) is 5.69 Å². The van der Waals surface area contributed by atoms with Gasteiger partial charge in [-0.1, -0.05) is 41.9 Å². The molecule has 3 rings (SSSR count). The second kappa shape index (κ2) is 13.5. The second-order valence-corrected chi connectivity index (χ2v) is 11.6. The highest BCUT2D eigenvalue weighted by molar-refractivity contribution is 7.92. The fourth-order valence-corrected chi connectivity index (χ4v) is 5.56. The van der Waals surface area contributed by atoms with Crippen molar-refractivity contribution >= 4 is 39.1 Å². The first-order valence-corrected chi connectivity index (χ1v) is 14.4. The second-order valence-electron chi connectivity index (χ2n) is 9.35. The third-order valence-corrected chi connectivity index (χ3v) is 8.16. The highest BCUT2D eigenvalue weighted by Crippen LogP contribution is 2.36. The number of nitrogens with one attached hydrogen (secondary N) is 1. The number of carbonyl (C=O) groups is 2. The third-order valence-electron chi connectivity index (χ3n) is 6.13. The van der Waals surface area contributed by atoms with Gasteiger partial charge in [0.05, 0.1) is 24.8 Å². The summed E-state index contributed by atoms with van der Waals surface area (Å²) >= 11 is 6.04. The number of anilines is 1. The molecule has 2 amide bonds. The van der Waals surface area contributed by atoms with Crippen LogP contribution in [0.25, 0.3) is 0 Å². The molecule has 40 heavy (non-hydrogen) atoms. The van der Waals surface area contributed by atoms with Crippen LogP contribution in [0.5, 0.6) is 11.5 Å². The zero-order valence-corrected chi connectivity index (χ0v) is 24.7. The van der Waals surface area contributed by atoms with Gasteiger partial charge in [-0.05, 0) is 62.7 Å². The van der Waals surface area contributed by atoms with E-state index >= 15 is 0 Å². The van der Waals surface area contributed by atoms with Crippen LogP contribution in [0.1, 0.15) is 26.3 Å². The number of ether oxygens (including phenoxy) is 2. The maximum Gasteiger partial charge on any atom is 0.264 e. The minimum atomic E-state index is -4.25. The molecule has 0 aromatic heterocycles. The van der Waals surface area contributed by atoms with E-state index in [-0.39, 0.29) is 34.8 Å². The Kier molecular flexibility index (Phi) is 10.4. The summed E-state index contributed by atoms with van der Waals surface area (Å²) in [5.41, 5.74) is 0.836. The Balaban J connectivity index is 2.10. The van der Waals surface area contributed by atoms with E-state index in [1.54, 1.807) is 61.5 Å². The average molecular weight is 588 g/mol. The Bertz CT molecular complexity index is 1420. The monoisotopic (exact) mass is 587 g/mol. The Hall–Kier alpha value is -3.76. The van der Waals surface area contributed by atoms with Gasteiger partial charge in [0.2, 0.25) is 11.8 Å². The molecule has 0 aliphatic carbocycles. The van der Waals surface area contributed by atoms with Crippen molar-refractivity contribution < 1.29 is 27.5 Å². The minimum absolute atomic E-state index is 0.0116. The molecule has 11 heteroatoms. The average Bonchev–Trinajstić information content (AvgIpc) is 2.94. The van der Waals surface area contributed by atoms with Crippen LogP contribution in [0.2, 0.25) is 5.02 Å². The first kappa shape index (κ1) is 30.8. The highest BCUT2D eigenvalue weighted by atomic mass is 35.5. The largest absolute Gasteiger partial charge is 0.497 e. The van der Waals surface area contributed by atoms with Crippen molar-refractivity contribution in [2.45, 2.75) is 44.3 Å². The molecule has 0 heterocycles. The van der Waals surface area contributed by atoms with E-state index in [1.165, 1.54) is 37.3 Å². The zero-order chi connectivity index (χ0) is 29.4. The molecule has 1 N–H and O–H groups in total. The number of carbonyl (C=O) groups excluding carboxylic acids is 2. The predicted octanol–water partition coefficient (Wildman–Crippen LogP) is 4.49. The molecule has 0 fully saturated rings. The van der Waals surface area contributed by atoms with Crippen molar-refractivity contribution in [2.24, 2.45) is 0 Å². The number of nitrogens with zero attached hydrogens (tertiary/aromatic N) is 2. The number of hydrogen-bond acceptors (Lipinski definition) is 6. The SMILES string of the molecule is COc1ccc(OC)c(N(CC(=O)N(Cc2ccc(Cl)cc2)[C@@H](C)C(=O)NC(C)C)S(=O)(=O)c2ccccc2)c1. The van der Waals surface area contributed by atoms with E-state index < -0.39 is 28.5 Å². The zero-order valence-electron chi connectivity index (χ0n) is 23.1. The van der Waals surface area contributed by atoms with Gasteiger partial charge in [0.1, 0.15) is 24.1 Å². The van der Waals surface area contributed by atoms with Gasteiger partial charge in [-0.15, -0.1) is 0 Å². The molecule has 1 atom stereocenters. The fourth-order valence-electron chi connectivity index (χ4n) is 4.00. The van der Waals surface area contributed by atoms with Crippen LogP contribution in [0, 0.1) is 0 Å². The van der Waals surface area contributed by atoms with Gasteiger partial charge in [0, 0.05) is 23.7 Å². The summed E-state index contributed by atoms with van der Waals surface area (Å²) in [7, 11) is -1.39. The van der Waals surface area contributed by atoms with Gasteiger partial charge in [0.15, 0.2) is 0 Å². The van der Waals surface area contributed by atoms with E-state index in [4.69, 9.17) is 21.1 Å². The number of methoxy groups -OCH3 is 2. The number of benzene rings is 3. The van der Waals surface area contributed by atoms with E-state index in [1.807, 2.05) is 13.8 Å². The lowest BCUT2D eigenvalue weighted by atomic mass is 10.1. The summed E-state index contributed by atoms with van der Waals surface area (Å²) in [4.78, 5) is 28.3. The first-order chi connectivity index (χ1) is 19.0. The molecule has 0 aliphatic rings. The maximum absolute atomic E-state index is 14.0. The molecule has 214 valence electrons. The van der Waals surface area contributed by atoms with Crippen molar-refractivity contribution in [3.8, 4) is 11.5 Å². The lowest BCUT2D eigenvalue weighted by Crippen LogP contribution is -2.52. The molecule has 0 saturated carbocycles. The lowest BCUT2D eigenvalue weighted by molar-refractivity contribution is -0.139. The summed E-state index contributed by atoms with van der Waals surface area (Å²) < 4.78 is 39.7. The number of hydrogen-bond donors (Lipinski definition) is 1. The minimum Gasteiger partial charge on any atom is -0.497 e. The Morgan fingerprint density at radius 1 is 0.925 bits per heavy atom. The van der Waals surface area contributed by atoms with Crippen molar-refractivity contribution in [1.82, 2.24) is 10.2 Å². The molecule has 0 radical (unpaired) electrons. The van der Waals surface area contributed by atoms with Crippen molar-refractivity contribution in [1.29, 1.82) is 0 Å². The van der Waals surface area contributed by atoms with Gasteiger partial charge in [-0.3, -0.25) is 13.9 Å². The van der Waals surface area contributed by atoms with E-state index in [0.717, 1.165) is 9.87 Å². The van der Waals surface area contributed by atoms with Gasteiger partial charge in [0.25, 0.3) is 10.0 Å². The van der Waals surface area contributed by atoms with Gasteiger partial charge in [-0.25, -0.2) is 8.42 Å². The molecule has 9 nitrogen and oxygen atoms in total.